The number of fused-ring (bicyclic) bond motifs is 2. The molecule has 0 amide bonds. The highest BCUT2D eigenvalue weighted by Crippen LogP contribution is 2.57. The average molecular weight is 525 g/mol. The van der Waals surface area contributed by atoms with Crippen LogP contribution in [0.2, 0.25) is 0 Å². The number of aryl methyl sites for hydroxylation is 2. The van der Waals surface area contributed by atoms with Crippen molar-refractivity contribution >= 4 is 11.5 Å². The van der Waals surface area contributed by atoms with Crippen LogP contribution in [0.3, 0.4) is 0 Å². The van der Waals surface area contributed by atoms with Crippen LogP contribution in [0.15, 0.2) is 60.7 Å². The van der Waals surface area contributed by atoms with Crippen LogP contribution < -0.4 is 4.74 Å². The summed E-state index contributed by atoms with van der Waals surface area (Å²) in [4.78, 5) is 12.4. The Hall–Kier alpha value is -3.40. The van der Waals surface area contributed by atoms with Crippen LogP contribution in [0.5, 0.6) is 5.75 Å². The normalized spacial score (nSPS) is 22.8. The summed E-state index contributed by atoms with van der Waals surface area (Å²) in [5, 5.41) is 0. The number of hydrogen-bond acceptors (Lipinski definition) is 3. The molecule has 0 unspecified atom stereocenters. The molecule has 1 spiro atoms. The zero-order valence-electron chi connectivity index (χ0n) is 23.4. The van der Waals surface area contributed by atoms with Crippen molar-refractivity contribution in [3.8, 4) is 16.9 Å². The van der Waals surface area contributed by atoms with Gasteiger partial charge in [0.05, 0.1) is 13.0 Å². The molecule has 6 rings (SSSR count). The van der Waals surface area contributed by atoms with Crippen molar-refractivity contribution < 1.29 is 18.7 Å². The van der Waals surface area contributed by atoms with E-state index < -0.39 is 0 Å². The molecule has 1 fully saturated rings. The second-order valence-electron chi connectivity index (χ2n) is 12.3. The van der Waals surface area contributed by atoms with Crippen molar-refractivity contribution in [2.45, 2.75) is 71.3 Å². The van der Waals surface area contributed by atoms with Crippen LogP contribution in [0.1, 0.15) is 73.8 Å². The van der Waals surface area contributed by atoms with Gasteiger partial charge >= 0.3 is 5.97 Å². The minimum atomic E-state index is -0.199. The number of esters is 1. The number of carbonyl (C=O) groups excluding carboxylic acids is 1. The van der Waals surface area contributed by atoms with Crippen LogP contribution in [-0.4, -0.2) is 13.1 Å². The predicted molar refractivity (Wildman–Crippen MR) is 153 cm³/mol. The van der Waals surface area contributed by atoms with E-state index in [0.717, 1.165) is 66.5 Å². The second-order valence-corrected chi connectivity index (χ2v) is 12.3. The van der Waals surface area contributed by atoms with Crippen LogP contribution in [0.25, 0.3) is 16.7 Å². The Balaban J connectivity index is 1.30. The maximum absolute atomic E-state index is 15.0. The maximum atomic E-state index is 15.0. The van der Waals surface area contributed by atoms with Gasteiger partial charge in [0, 0.05) is 11.0 Å². The first-order valence-corrected chi connectivity index (χ1v) is 14.2. The fraction of sp³-hybridized carbons (Fsp3) is 0.400. The highest BCUT2D eigenvalue weighted by atomic mass is 19.1. The molecular weight excluding hydrogens is 487 g/mol. The van der Waals surface area contributed by atoms with Crippen molar-refractivity contribution in [1.29, 1.82) is 0 Å². The van der Waals surface area contributed by atoms with E-state index >= 15 is 4.39 Å². The molecule has 3 aromatic carbocycles. The molecule has 2 atom stereocenters. The summed E-state index contributed by atoms with van der Waals surface area (Å²) in [7, 11) is 1.49. The summed E-state index contributed by atoms with van der Waals surface area (Å²) < 4.78 is 26.5. The summed E-state index contributed by atoms with van der Waals surface area (Å²) >= 11 is 0. The number of hydrogen-bond donors (Lipinski definition) is 0. The Morgan fingerprint density at radius 1 is 0.974 bits per heavy atom. The molecule has 3 nitrogen and oxygen atoms in total. The lowest BCUT2D eigenvalue weighted by Crippen LogP contribution is -2.47. The van der Waals surface area contributed by atoms with E-state index in [9.17, 15) is 4.79 Å². The average Bonchev–Trinajstić information content (AvgIpc) is 3.48. The first kappa shape index (κ1) is 25.9. The Morgan fingerprint density at radius 2 is 1.82 bits per heavy atom. The fourth-order valence-corrected chi connectivity index (χ4v) is 7.18. The standard InChI is InChI=1S/C35H37FO3/c1-22-7-12-32(36)28(18-22)26-11-8-23(19-27(26)29-6-5-15-34(29,2)3)21-39-25-10-9-24-13-16-35(31(24)20-25)17-14-30(35)33(37)38-4/h6-12,18-20,30H,5,13-17,21H2,1-4H3/t30-,35+/m0/s1. The third-order valence-electron chi connectivity index (χ3n) is 9.53. The lowest BCUT2D eigenvalue weighted by molar-refractivity contribution is -0.153. The van der Waals surface area contributed by atoms with E-state index in [0.29, 0.717) is 12.2 Å². The van der Waals surface area contributed by atoms with Crippen LogP contribution in [0.4, 0.5) is 4.39 Å². The first-order chi connectivity index (χ1) is 18.7. The summed E-state index contributed by atoms with van der Waals surface area (Å²) in [5.41, 5.74) is 8.53. The van der Waals surface area contributed by atoms with Crippen LogP contribution >= 0.6 is 0 Å². The number of allylic oxidation sites excluding steroid dienone is 2. The maximum Gasteiger partial charge on any atom is 0.309 e. The zero-order chi connectivity index (χ0) is 27.4. The van der Waals surface area contributed by atoms with Gasteiger partial charge < -0.3 is 9.47 Å². The molecule has 0 aliphatic heterocycles. The minimum absolute atomic E-state index is 0.0295. The number of ether oxygens (including phenoxy) is 2. The highest BCUT2D eigenvalue weighted by molar-refractivity contribution is 5.85. The SMILES string of the molecule is COC(=O)[C@@H]1CC[C@]12CCc1ccc(OCc3ccc(-c4cc(C)ccc4F)c(C4=CCCC4(C)C)c3)cc12. The third kappa shape index (κ3) is 4.38. The van der Waals surface area contributed by atoms with Crippen molar-refractivity contribution in [3.05, 3.63) is 94.3 Å². The van der Waals surface area contributed by atoms with Crippen molar-refractivity contribution in [2.75, 3.05) is 7.11 Å². The Bertz CT molecular complexity index is 1480. The number of benzene rings is 3. The van der Waals surface area contributed by atoms with E-state index in [1.807, 2.05) is 31.2 Å². The number of carbonyl (C=O) groups is 1. The van der Waals surface area contributed by atoms with Gasteiger partial charge in [-0.25, -0.2) is 4.39 Å². The molecule has 4 heteroatoms. The summed E-state index contributed by atoms with van der Waals surface area (Å²) in [6.07, 6.45) is 8.33. The van der Waals surface area contributed by atoms with Crippen LogP contribution in [0, 0.1) is 24.1 Å². The third-order valence-corrected chi connectivity index (χ3v) is 9.53. The zero-order valence-corrected chi connectivity index (χ0v) is 23.4. The minimum Gasteiger partial charge on any atom is -0.489 e. The van der Waals surface area contributed by atoms with Crippen LogP contribution in [-0.2, 0) is 28.0 Å². The van der Waals surface area contributed by atoms with Gasteiger partial charge in [-0.05, 0) is 115 Å². The van der Waals surface area contributed by atoms with E-state index in [2.05, 4.69) is 44.2 Å². The Kier molecular flexibility index (Phi) is 6.40. The first-order valence-electron chi connectivity index (χ1n) is 14.2. The molecule has 3 aromatic rings. The predicted octanol–water partition coefficient (Wildman–Crippen LogP) is 8.35. The van der Waals surface area contributed by atoms with E-state index in [1.54, 1.807) is 6.07 Å². The molecule has 0 radical (unpaired) electrons. The molecule has 3 aliphatic rings. The van der Waals surface area contributed by atoms with E-state index in [1.165, 1.54) is 23.8 Å². The molecule has 0 aromatic heterocycles. The topological polar surface area (TPSA) is 35.5 Å². The summed E-state index contributed by atoms with van der Waals surface area (Å²) in [5.74, 6) is 0.471. The monoisotopic (exact) mass is 524 g/mol. The van der Waals surface area contributed by atoms with Gasteiger partial charge in [-0.15, -0.1) is 0 Å². The van der Waals surface area contributed by atoms with Gasteiger partial charge in [0.15, 0.2) is 0 Å². The van der Waals surface area contributed by atoms with Gasteiger partial charge in [0.2, 0.25) is 0 Å². The molecule has 0 heterocycles. The van der Waals surface area contributed by atoms with Crippen molar-refractivity contribution in [1.82, 2.24) is 0 Å². The Labute approximate surface area is 231 Å². The molecule has 0 bridgehead atoms. The second kappa shape index (κ2) is 9.66. The molecule has 202 valence electrons. The van der Waals surface area contributed by atoms with Crippen molar-refractivity contribution in [3.63, 3.8) is 0 Å². The van der Waals surface area contributed by atoms with Gasteiger partial charge in [-0.3, -0.25) is 4.79 Å². The van der Waals surface area contributed by atoms with Gasteiger partial charge in [0.1, 0.15) is 18.2 Å². The molecule has 0 saturated heterocycles. The molecule has 39 heavy (non-hydrogen) atoms. The van der Waals surface area contributed by atoms with E-state index in [4.69, 9.17) is 9.47 Å². The molecular formula is C35H37FO3. The summed E-state index contributed by atoms with van der Waals surface area (Å²) in [6.45, 7) is 6.96. The van der Waals surface area contributed by atoms with Crippen molar-refractivity contribution in [2.24, 2.45) is 11.3 Å². The quantitative estimate of drug-likeness (QED) is 0.304. The summed E-state index contributed by atoms with van der Waals surface area (Å²) in [6, 6.07) is 18.0. The number of methoxy groups -OCH3 is 1. The number of halogens is 1. The molecule has 3 aliphatic carbocycles. The molecule has 0 N–H and O–H groups in total. The van der Waals surface area contributed by atoms with Gasteiger partial charge in [-0.1, -0.05) is 49.8 Å². The molecule has 1 saturated carbocycles. The largest absolute Gasteiger partial charge is 0.489 e. The number of rotatable bonds is 6. The Morgan fingerprint density at radius 3 is 2.54 bits per heavy atom. The fourth-order valence-electron chi connectivity index (χ4n) is 7.18. The van der Waals surface area contributed by atoms with E-state index in [-0.39, 0.29) is 28.5 Å². The smallest absolute Gasteiger partial charge is 0.309 e. The highest BCUT2D eigenvalue weighted by Gasteiger charge is 2.55. The van der Waals surface area contributed by atoms with Gasteiger partial charge in [-0.2, -0.15) is 0 Å². The lowest BCUT2D eigenvalue weighted by Gasteiger charge is -2.46. The lowest BCUT2D eigenvalue weighted by atomic mass is 9.57. The van der Waals surface area contributed by atoms with Gasteiger partial charge in [0.25, 0.3) is 0 Å².